The first-order valence-electron chi connectivity index (χ1n) is 5.74. The van der Waals surface area contributed by atoms with Crippen LogP contribution in [0.1, 0.15) is 19.8 Å². The number of hydrogen-bond acceptors (Lipinski definition) is 0. The van der Waals surface area contributed by atoms with E-state index >= 15 is 0 Å². The molecule has 1 aromatic rings. The van der Waals surface area contributed by atoms with Crippen molar-refractivity contribution in [3.8, 4) is 0 Å². The number of halogens is 6. The van der Waals surface area contributed by atoms with E-state index < -0.39 is 7.25 Å². The van der Waals surface area contributed by atoms with Crippen molar-refractivity contribution in [3.63, 3.8) is 0 Å². The van der Waals surface area contributed by atoms with Crippen LogP contribution in [0.15, 0.2) is 18.7 Å². The van der Waals surface area contributed by atoms with Crippen molar-refractivity contribution in [1.82, 2.24) is 4.57 Å². The lowest BCUT2D eigenvalue weighted by Gasteiger charge is -1.94. The zero-order valence-electron chi connectivity index (χ0n) is 11.0. The van der Waals surface area contributed by atoms with Gasteiger partial charge < -0.3 is 17.3 Å². The minimum absolute atomic E-state index is 0.557. The van der Waals surface area contributed by atoms with E-state index in [1.165, 1.54) is 12.8 Å². The minimum Gasteiger partial charge on any atom is -0.418 e. The van der Waals surface area contributed by atoms with E-state index in [1.807, 2.05) is 7.05 Å². The molecule has 0 spiro atoms. The normalized spacial score (nSPS) is 10.1. The van der Waals surface area contributed by atoms with Crippen molar-refractivity contribution in [2.24, 2.45) is 7.05 Å². The third-order valence-electron chi connectivity index (χ3n) is 1.67. The van der Waals surface area contributed by atoms with Crippen molar-refractivity contribution >= 4 is 30.5 Å². The molecule has 0 aliphatic rings. The fourth-order valence-corrected chi connectivity index (χ4v) is 0.975. The predicted molar refractivity (Wildman–Crippen MR) is 72.1 cm³/mol. The van der Waals surface area contributed by atoms with E-state index in [0.29, 0.717) is 11.8 Å². The maximum atomic E-state index is 9.75. The van der Waals surface area contributed by atoms with Crippen LogP contribution in [0, 0.1) is 0 Å². The molecule has 0 atom stereocenters. The van der Waals surface area contributed by atoms with E-state index in [2.05, 4.69) is 34.8 Å². The average molecular weight is 325 g/mol. The second-order valence-electron chi connectivity index (χ2n) is 3.54. The summed E-state index contributed by atoms with van der Waals surface area (Å²) < 4.78 is 43.3. The van der Waals surface area contributed by atoms with Crippen LogP contribution in [0.3, 0.4) is 0 Å². The molecule has 0 radical (unpaired) electrons. The Morgan fingerprint density at radius 1 is 1.16 bits per heavy atom. The molecule has 2 nitrogen and oxygen atoms in total. The van der Waals surface area contributed by atoms with Crippen molar-refractivity contribution in [2.75, 3.05) is 11.8 Å². The first-order chi connectivity index (χ1) is 8.74. The van der Waals surface area contributed by atoms with Crippen molar-refractivity contribution in [1.29, 1.82) is 0 Å². The summed E-state index contributed by atoms with van der Waals surface area (Å²) in [6, 6.07) is 0. The first-order valence-corrected chi connectivity index (χ1v) is 6.81. The highest BCUT2D eigenvalue weighted by Crippen LogP contribution is 2.06. The quantitative estimate of drug-likeness (QED) is 0.344. The maximum Gasteiger partial charge on any atom is 0.673 e. The fourth-order valence-electron chi connectivity index (χ4n) is 0.975. The van der Waals surface area contributed by atoms with Gasteiger partial charge in [0.15, 0.2) is 0 Å². The van der Waals surface area contributed by atoms with Crippen molar-refractivity contribution in [2.45, 2.75) is 26.3 Å². The third kappa shape index (κ3) is 23.1. The Hall–Kier alpha value is -0.425. The number of unbranched alkanes of at least 4 members (excludes halogenated alkanes) is 1. The summed E-state index contributed by atoms with van der Waals surface area (Å²) >= 11 is 10.1. The number of hydrogen-bond donors (Lipinski definition) is 0. The number of aryl methyl sites for hydroxylation is 2. The largest absolute Gasteiger partial charge is 0.673 e. The Balaban J connectivity index is 0. The molecule has 114 valence electrons. The molecule has 0 aromatic carbocycles. The lowest BCUT2D eigenvalue weighted by Crippen LogP contribution is -2.23. The second kappa shape index (κ2) is 12.6. The monoisotopic (exact) mass is 324 g/mol. The van der Waals surface area contributed by atoms with Crippen LogP contribution in [-0.2, 0) is 13.6 Å². The fraction of sp³-hybridized carbons (Fsp3) is 0.700. The van der Waals surface area contributed by atoms with Crippen LogP contribution in [0.2, 0.25) is 0 Å². The Morgan fingerprint density at radius 3 is 1.89 bits per heavy atom. The van der Waals surface area contributed by atoms with E-state index in [0.717, 1.165) is 6.54 Å². The van der Waals surface area contributed by atoms with E-state index in [-0.39, 0.29) is 0 Å². The van der Waals surface area contributed by atoms with Crippen LogP contribution in [-0.4, -0.2) is 23.6 Å². The molecule has 0 aliphatic carbocycles. The van der Waals surface area contributed by atoms with Crippen LogP contribution in [0.5, 0.6) is 0 Å². The molecule has 0 fully saturated rings. The SMILES string of the molecule is CCCCn1cc[n+](C)c1.ClCCCl.F[B-](F)(F)F. The van der Waals surface area contributed by atoms with Crippen LogP contribution in [0.25, 0.3) is 0 Å². The molecule has 1 heterocycles. The number of alkyl halides is 2. The average Bonchev–Trinajstić information content (AvgIpc) is 2.70. The van der Waals surface area contributed by atoms with E-state index in [1.54, 1.807) is 0 Å². The molecular weight excluding hydrogens is 306 g/mol. The zero-order chi connectivity index (χ0) is 15.3. The highest BCUT2D eigenvalue weighted by Gasteiger charge is 2.20. The van der Waals surface area contributed by atoms with Gasteiger partial charge in [0.2, 0.25) is 6.33 Å². The van der Waals surface area contributed by atoms with Gasteiger partial charge >= 0.3 is 7.25 Å². The molecular formula is C10H19BCl2F4N2. The molecule has 0 saturated carbocycles. The predicted octanol–water partition coefficient (Wildman–Crippen LogP) is 3.88. The van der Waals surface area contributed by atoms with Gasteiger partial charge in [-0.15, -0.1) is 23.2 Å². The lowest BCUT2D eigenvalue weighted by molar-refractivity contribution is -0.671. The van der Waals surface area contributed by atoms with Gasteiger partial charge in [0, 0.05) is 11.8 Å². The standard InChI is InChI=1S/C8H15N2.C2H4Cl2.BF4/c1-3-4-5-10-7-6-9(2)8-10;3-1-2-4;2-1(3,4)5/h6-8H,3-5H2,1-2H3;1-2H2;/q+1;;-1. The molecule has 0 bridgehead atoms. The minimum atomic E-state index is -6.00. The highest BCUT2D eigenvalue weighted by atomic mass is 35.5. The molecule has 0 N–H and O–H groups in total. The number of imidazole rings is 1. The summed E-state index contributed by atoms with van der Waals surface area (Å²) in [7, 11) is -3.96. The zero-order valence-corrected chi connectivity index (χ0v) is 12.5. The molecule has 0 unspecified atom stereocenters. The van der Waals surface area contributed by atoms with Crippen molar-refractivity contribution in [3.05, 3.63) is 18.7 Å². The van der Waals surface area contributed by atoms with Gasteiger partial charge in [-0.25, -0.2) is 9.13 Å². The van der Waals surface area contributed by atoms with Crippen LogP contribution < -0.4 is 4.57 Å². The number of rotatable bonds is 4. The molecule has 0 saturated heterocycles. The summed E-state index contributed by atoms with van der Waals surface area (Å²) in [6.45, 7) is 3.36. The Labute approximate surface area is 121 Å². The number of aromatic nitrogens is 2. The summed E-state index contributed by atoms with van der Waals surface area (Å²) in [4.78, 5) is 0. The van der Waals surface area contributed by atoms with Crippen LogP contribution in [0.4, 0.5) is 17.3 Å². The molecule has 0 amide bonds. The van der Waals surface area contributed by atoms with Crippen LogP contribution >= 0.6 is 23.2 Å². The van der Waals surface area contributed by atoms with E-state index in [9.17, 15) is 17.3 Å². The molecule has 0 aliphatic heterocycles. The summed E-state index contributed by atoms with van der Waals surface area (Å²) in [5.41, 5.74) is 0. The highest BCUT2D eigenvalue weighted by molar-refractivity contribution is 6.50. The maximum absolute atomic E-state index is 9.75. The van der Waals surface area contributed by atoms with Gasteiger partial charge in [0.25, 0.3) is 0 Å². The number of nitrogens with zero attached hydrogens (tertiary/aromatic N) is 2. The summed E-state index contributed by atoms with van der Waals surface area (Å²) in [6.07, 6.45) is 8.82. The van der Waals surface area contributed by atoms with Gasteiger partial charge in [-0.1, -0.05) is 13.3 Å². The summed E-state index contributed by atoms with van der Waals surface area (Å²) in [5.74, 6) is 1.11. The van der Waals surface area contributed by atoms with Gasteiger partial charge in [0.1, 0.15) is 12.4 Å². The molecule has 9 heteroatoms. The summed E-state index contributed by atoms with van der Waals surface area (Å²) in [5, 5.41) is 0. The van der Waals surface area contributed by atoms with Gasteiger partial charge in [-0.05, 0) is 6.42 Å². The topological polar surface area (TPSA) is 8.81 Å². The third-order valence-corrected chi connectivity index (χ3v) is 2.24. The van der Waals surface area contributed by atoms with E-state index in [4.69, 9.17) is 23.2 Å². The molecule has 1 aromatic heterocycles. The molecule has 1 rings (SSSR count). The van der Waals surface area contributed by atoms with Gasteiger partial charge in [-0.3, -0.25) is 0 Å². The van der Waals surface area contributed by atoms with Gasteiger partial charge in [0.05, 0.1) is 13.6 Å². The Bertz CT molecular complexity index is 300. The second-order valence-corrected chi connectivity index (χ2v) is 4.30. The molecule has 19 heavy (non-hydrogen) atoms. The van der Waals surface area contributed by atoms with Gasteiger partial charge in [-0.2, -0.15) is 0 Å². The first kappa shape index (κ1) is 20.9. The Kier molecular flexibility index (Phi) is 13.9. The smallest absolute Gasteiger partial charge is 0.418 e. The van der Waals surface area contributed by atoms with Crippen molar-refractivity contribution < 1.29 is 21.8 Å². The lowest BCUT2D eigenvalue weighted by atomic mass is 10.3. The Morgan fingerprint density at radius 2 is 1.63 bits per heavy atom.